The highest BCUT2D eigenvalue weighted by molar-refractivity contribution is 9.09. The Morgan fingerprint density at radius 3 is 2.57 bits per heavy atom. The Morgan fingerprint density at radius 2 is 2.29 bits per heavy atom. The van der Waals surface area contributed by atoms with Gasteiger partial charge in [-0.05, 0) is 10.4 Å². The molecule has 37 valence electrons. The molecule has 0 spiro atoms. The average Bonchev–Trinajstić information content (AvgIpc) is 2.14. The molecule has 1 heterocycles. The third-order valence-corrected chi connectivity index (χ3v) is 0.981. The van der Waals surface area contributed by atoms with Crippen LogP contribution in [0.3, 0.4) is 0 Å². The smallest absolute Gasteiger partial charge is 0.111 e. The summed E-state index contributed by atoms with van der Waals surface area (Å²) in [5, 5.41) is 10.6. The third kappa shape index (κ3) is 0.957. The first kappa shape index (κ1) is 4.70. The molecule has 5 heteroatoms. The molecule has 0 fully saturated rings. The molecule has 0 N–H and O–H groups in total. The van der Waals surface area contributed by atoms with Gasteiger partial charge in [-0.25, -0.2) is 0 Å². The summed E-state index contributed by atoms with van der Waals surface area (Å²) >= 11 is 3.13. The summed E-state index contributed by atoms with van der Waals surface area (Å²) in [6.45, 7) is 0. The SMILES string of the molecule is BrCC1=NN=N[N]1. The second kappa shape index (κ2) is 2.02. The van der Waals surface area contributed by atoms with E-state index in [0.29, 0.717) is 11.2 Å². The number of halogens is 1. The molecule has 0 amide bonds. The number of hydrogen-bond donors (Lipinski definition) is 0. The number of nitrogens with zero attached hydrogens (tertiary/aromatic N) is 4. The summed E-state index contributed by atoms with van der Waals surface area (Å²) in [4.78, 5) is 0. The normalized spacial score (nSPS) is 16.4. The van der Waals surface area contributed by atoms with E-state index in [1.807, 2.05) is 0 Å². The monoisotopic (exact) mass is 161 g/mol. The Labute approximate surface area is 48.8 Å². The fourth-order valence-corrected chi connectivity index (χ4v) is 0.441. The van der Waals surface area contributed by atoms with Crippen LogP contribution < -0.4 is 5.43 Å². The van der Waals surface area contributed by atoms with E-state index in [-0.39, 0.29) is 0 Å². The molecule has 1 radical (unpaired) electrons. The Bertz CT molecular complexity index is 117. The van der Waals surface area contributed by atoms with Crippen LogP contribution in [0.1, 0.15) is 0 Å². The highest BCUT2D eigenvalue weighted by atomic mass is 79.9. The zero-order valence-corrected chi connectivity index (χ0v) is 4.96. The lowest BCUT2D eigenvalue weighted by Crippen LogP contribution is -2.05. The van der Waals surface area contributed by atoms with Crippen LogP contribution in [0.2, 0.25) is 0 Å². The number of alkyl halides is 1. The van der Waals surface area contributed by atoms with Crippen molar-refractivity contribution in [1.29, 1.82) is 0 Å². The van der Waals surface area contributed by atoms with Gasteiger partial charge in [0.2, 0.25) is 0 Å². The average molecular weight is 162 g/mol. The Morgan fingerprint density at radius 1 is 1.43 bits per heavy atom. The van der Waals surface area contributed by atoms with Gasteiger partial charge in [0.15, 0.2) is 5.84 Å². The van der Waals surface area contributed by atoms with Gasteiger partial charge in [-0.15, -0.1) is 10.5 Å². The highest BCUT2D eigenvalue weighted by Crippen LogP contribution is 1.92. The molecule has 0 bridgehead atoms. The molecule has 7 heavy (non-hydrogen) atoms. The van der Waals surface area contributed by atoms with E-state index in [4.69, 9.17) is 0 Å². The fourth-order valence-electron chi connectivity index (χ4n) is 0.217. The topological polar surface area (TPSA) is 51.2 Å². The van der Waals surface area contributed by atoms with Crippen LogP contribution in [0, 0.1) is 0 Å². The molecule has 1 rings (SSSR count). The van der Waals surface area contributed by atoms with Crippen LogP contribution >= 0.6 is 15.9 Å². The molecule has 0 aromatic heterocycles. The lowest BCUT2D eigenvalue weighted by Gasteiger charge is -1.79. The molecule has 0 saturated carbocycles. The predicted molar refractivity (Wildman–Crippen MR) is 28.2 cm³/mol. The van der Waals surface area contributed by atoms with Crippen LogP contribution in [-0.2, 0) is 0 Å². The minimum absolute atomic E-state index is 0.625. The fraction of sp³-hybridized carbons (Fsp3) is 0.500. The van der Waals surface area contributed by atoms with Crippen molar-refractivity contribution in [2.45, 2.75) is 0 Å². The molecule has 0 unspecified atom stereocenters. The molecule has 0 aromatic rings. The number of amidine groups is 1. The molecule has 0 atom stereocenters. The van der Waals surface area contributed by atoms with E-state index < -0.39 is 0 Å². The van der Waals surface area contributed by atoms with Gasteiger partial charge in [0.05, 0.1) is 5.33 Å². The van der Waals surface area contributed by atoms with Gasteiger partial charge in [0, 0.05) is 0 Å². The van der Waals surface area contributed by atoms with Crippen LogP contribution in [0.5, 0.6) is 0 Å². The van der Waals surface area contributed by atoms with Crippen molar-refractivity contribution in [2.75, 3.05) is 5.33 Å². The predicted octanol–water partition coefficient (Wildman–Crippen LogP) is 0.680. The summed E-state index contributed by atoms with van der Waals surface area (Å²) in [6, 6.07) is 0. The van der Waals surface area contributed by atoms with Crippen molar-refractivity contribution in [3.8, 4) is 0 Å². The van der Waals surface area contributed by atoms with Gasteiger partial charge in [0.25, 0.3) is 0 Å². The van der Waals surface area contributed by atoms with Gasteiger partial charge in [-0.3, -0.25) is 0 Å². The standard InChI is InChI=1S/C2H2BrN4/c3-1-2-4-6-7-5-2/h1H2. The van der Waals surface area contributed by atoms with E-state index in [1.165, 1.54) is 0 Å². The third-order valence-electron chi connectivity index (χ3n) is 0.480. The van der Waals surface area contributed by atoms with Gasteiger partial charge in [0.1, 0.15) is 0 Å². The summed E-state index contributed by atoms with van der Waals surface area (Å²) in [6.07, 6.45) is 0. The summed E-state index contributed by atoms with van der Waals surface area (Å²) in [7, 11) is 0. The maximum Gasteiger partial charge on any atom is 0.187 e. The van der Waals surface area contributed by atoms with Crippen molar-refractivity contribution in [1.82, 2.24) is 5.43 Å². The summed E-state index contributed by atoms with van der Waals surface area (Å²) in [5.41, 5.74) is 3.52. The maximum absolute atomic E-state index is 3.52. The van der Waals surface area contributed by atoms with E-state index >= 15 is 0 Å². The van der Waals surface area contributed by atoms with E-state index in [1.54, 1.807) is 0 Å². The highest BCUT2D eigenvalue weighted by Gasteiger charge is 2.00. The molecule has 4 nitrogen and oxygen atoms in total. The van der Waals surface area contributed by atoms with Crippen LogP contribution in [0.25, 0.3) is 0 Å². The molecule has 0 saturated heterocycles. The first-order valence-electron chi connectivity index (χ1n) is 1.67. The van der Waals surface area contributed by atoms with E-state index in [2.05, 4.69) is 36.9 Å². The van der Waals surface area contributed by atoms with Crippen molar-refractivity contribution in [3.63, 3.8) is 0 Å². The quantitative estimate of drug-likeness (QED) is 0.509. The van der Waals surface area contributed by atoms with E-state index in [0.717, 1.165) is 0 Å². The van der Waals surface area contributed by atoms with Gasteiger partial charge in [-0.2, -0.15) is 0 Å². The first-order valence-corrected chi connectivity index (χ1v) is 2.79. The summed E-state index contributed by atoms with van der Waals surface area (Å²) < 4.78 is 0. The largest absolute Gasteiger partial charge is 0.187 e. The molecule has 1 aliphatic heterocycles. The molecular weight excluding hydrogens is 160 g/mol. The number of rotatable bonds is 1. The maximum atomic E-state index is 3.52. The lowest BCUT2D eigenvalue weighted by molar-refractivity contribution is 0.922. The Kier molecular flexibility index (Phi) is 1.35. The second-order valence-corrected chi connectivity index (χ2v) is 1.49. The minimum Gasteiger partial charge on any atom is -0.111 e. The molecule has 0 aromatic carbocycles. The second-order valence-electron chi connectivity index (χ2n) is 0.929. The Hall–Kier alpha value is -0.450. The van der Waals surface area contributed by atoms with Crippen LogP contribution in [-0.4, -0.2) is 11.2 Å². The molecule has 1 aliphatic rings. The summed E-state index contributed by atoms with van der Waals surface area (Å²) in [5.74, 6) is 0.625. The zero-order valence-electron chi connectivity index (χ0n) is 3.37. The van der Waals surface area contributed by atoms with Crippen molar-refractivity contribution >= 4 is 21.8 Å². The molecular formula is C2H2BrN4. The van der Waals surface area contributed by atoms with Crippen LogP contribution in [0.4, 0.5) is 0 Å². The van der Waals surface area contributed by atoms with Gasteiger partial charge in [-0.1, -0.05) is 15.9 Å². The van der Waals surface area contributed by atoms with Gasteiger partial charge >= 0.3 is 0 Å². The van der Waals surface area contributed by atoms with Gasteiger partial charge < -0.3 is 0 Å². The molecule has 0 aliphatic carbocycles. The van der Waals surface area contributed by atoms with Crippen LogP contribution in [0.15, 0.2) is 15.5 Å². The van der Waals surface area contributed by atoms with Crippen molar-refractivity contribution in [3.05, 3.63) is 0 Å². The first-order chi connectivity index (χ1) is 3.43. The number of hydrogen-bond acceptors (Lipinski definition) is 3. The zero-order chi connectivity index (χ0) is 5.11. The Balaban J connectivity index is 2.45. The minimum atomic E-state index is 0.625. The lowest BCUT2D eigenvalue weighted by atomic mass is 10.7. The van der Waals surface area contributed by atoms with Crippen molar-refractivity contribution in [2.24, 2.45) is 15.5 Å². The van der Waals surface area contributed by atoms with Crippen molar-refractivity contribution < 1.29 is 0 Å². The van der Waals surface area contributed by atoms with E-state index in [9.17, 15) is 0 Å².